The first-order valence-electron chi connectivity index (χ1n) is 13.8. The molecule has 2 aromatic heterocycles. The Morgan fingerprint density at radius 2 is 1.64 bits per heavy atom. The standard InChI is InChI=1S/C33H35N5O/c1-25-8-3-4-9-26(25)14-15-38-24-34-20-28(38)21-36-22-31(30-13-7-11-27-10-5-6-12-29(27)30)32(23-36)33(39)37-18-16-35(2)17-19-37/h3-13,20,22-24H,14-19,21H2,1-2H3. The van der Waals surface area contributed by atoms with Crippen LogP contribution in [-0.4, -0.2) is 63.1 Å². The second kappa shape index (κ2) is 10.9. The van der Waals surface area contributed by atoms with Crippen LogP contribution in [-0.2, 0) is 19.5 Å². The Kier molecular flexibility index (Phi) is 7.03. The summed E-state index contributed by atoms with van der Waals surface area (Å²) in [5, 5.41) is 2.34. The SMILES string of the molecule is Cc1ccccc1CCn1cncc1Cn1cc(C(=O)N2CCN(C)CC2)c(-c2cccc3ccccc23)c1. The van der Waals surface area contributed by atoms with Gasteiger partial charge < -0.3 is 18.9 Å². The molecule has 5 aromatic rings. The Morgan fingerprint density at radius 1 is 0.872 bits per heavy atom. The van der Waals surface area contributed by atoms with Crippen molar-refractivity contribution in [1.82, 2.24) is 23.9 Å². The predicted molar refractivity (Wildman–Crippen MR) is 157 cm³/mol. The number of aryl methyl sites for hydroxylation is 3. The van der Waals surface area contributed by atoms with Crippen LogP contribution in [0.5, 0.6) is 0 Å². The number of carbonyl (C=O) groups excluding carboxylic acids is 1. The lowest BCUT2D eigenvalue weighted by Crippen LogP contribution is -2.47. The summed E-state index contributed by atoms with van der Waals surface area (Å²) in [5.41, 5.74) is 6.65. The first kappa shape index (κ1) is 25.1. The fourth-order valence-corrected chi connectivity index (χ4v) is 5.62. The Labute approximate surface area is 230 Å². The molecule has 1 fully saturated rings. The maximum atomic E-state index is 13.9. The van der Waals surface area contributed by atoms with Crippen molar-refractivity contribution in [2.75, 3.05) is 33.2 Å². The highest BCUT2D eigenvalue weighted by Crippen LogP contribution is 2.33. The van der Waals surface area contributed by atoms with Gasteiger partial charge in [0.15, 0.2) is 0 Å². The second-order valence-corrected chi connectivity index (χ2v) is 10.6. The van der Waals surface area contributed by atoms with E-state index in [-0.39, 0.29) is 5.91 Å². The highest BCUT2D eigenvalue weighted by atomic mass is 16.2. The van der Waals surface area contributed by atoms with Crippen molar-refractivity contribution >= 4 is 16.7 Å². The average Bonchev–Trinajstić information content (AvgIpc) is 3.59. The van der Waals surface area contributed by atoms with E-state index in [4.69, 9.17) is 0 Å². The van der Waals surface area contributed by atoms with Crippen LogP contribution in [0.15, 0.2) is 91.6 Å². The van der Waals surface area contributed by atoms with Crippen molar-refractivity contribution in [3.05, 3.63) is 114 Å². The molecule has 0 N–H and O–H groups in total. The molecular weight excluding hydrogens is 482 g/mol. The number of rotatable bonds is 7. The molecule has 1 aliphatic heterocycles. The van der Waals surface area contributed by atoms with Crippen LogP contribution in [0.3, 0.4) is 0 Å². The van der Waals surface area contributed by atoms with Gasteiger partial charge in [-0.05, 0) is 47.9 Å². The zero-order chi connectivity index (χ0) is 26.8. The summed E-state index contributed by atoms with van der Waals surface area (Å²) < 4.78 is 4.38. The average molecular weight is 518 g/mol. The van der Waals surface area contributed by atoms with Gasteiger partial charge in [0.1, 0.15) is 0 Å². The molecule has 6 heteroatoms. The molecule has 0 aliphatic carbocycles. The normalized spacial score (nSPS) is 14.3. The summed E-state index contributed by atoms with van der Waals surface area (Å²) in [4.78, 5) is 22.6. The van der Waals surface area contributed by atoms with E-state index in [9.17, 15) is 4.79 Å². The van der Waals surface area contributed by atoms with Crippen LogP contribution in [0.2, 0.25) is 0 Å². The van der Waals surface area contributed by atoms with Crippen molar-refractivity contribution in [3.63, 3.8) is 0 Å². The van der Waals surface area contributed by atoms with E-state index < -0.39 is 0 Å². The highest BCUT2D eigenvalue weighted by Gasteiger charge is 2.25. The molecule has 6 rings (SSSR count). The number of piperazine rings is 1. The number of fused-ring (bicyclic) bond motifs is 1. The minimum atomic E-state index is 0.109. The molecule has 1 saturated heterocycles. The number of nitrogens with zero attached hydrogens (tertiary/aromatic N) is 5. The number of benzene rings is 3. The molecule has 3 heterocycles. The minimum Gasteiger partial charge on any atom is -0.347 e. The quantitative estimate of drug-likeness (QED) is 0.287. The van der Waals surface area contributed by atoms with E-state index in [1.165, 1.54) is 16.5 Å². The maximum absolute atomic E-state index is 13.9. The number of carbonyl (C=O) groups is 1. The molecule has 1 aliphatic rings. The van der Waals surface area contributed by atoms with E-state index in [0.29, 0.717) is 6.54 Å². The molecule has 39 heavy (non-hydrogen) atoms. The first-order valence-corrected chi connectivity index (χ1v) is 13.8. The van der Waals surface area contributed by atoms with Crippen molar-refractivity contribution in [2.45, 2.75) is 26.4 Å². The number of hydrogen-bond donors (Lipinski definition) is 0. The largest absolute Gasteiger partial charge is 0.347 e. The van der Waals surface area contributed by atoms with E-state index >= 15 is 0 Å². The van der Waals surface area contributed by atoms with Crippen LogP contribution in [0.25, 0.3) is 21.9 Å². The van der Waals surface area contributed by atoms with E-state index in [1.807, 2.05) is 23.6 Å². The zero-order valence-electron chi connectivity index (χ0n) is 22.8. The molecule has 0 radical (unpaired) electrons. The van der Waals surface area contributed by atoms with Gasteiger partial charge in [0, 0.05) is 56.9 Å². The molecule has 6 nitrogen and oxygen atoms in total. The Balaban J connectivity index is 1.33. The Morgan fingerprint density at radius 3 is 2.49 bits per heavy atom. The summed E-state index contributed by atoms with van der Waals surface area (Å²) in [7, 11) is 2.11. The predicted octanol–water partition coefficient (Wildman–Crippen LogP) is 5.49. The van der Waals surface area contributed by atoms with Crippen molar-refractivity contribution in [1.29, 1.82) is 0 Å². The zero-order valence-corrected chi connectivity index (χ0v) is 22.8. The molecule has 0 unspecified atom stereocenters. The molecule has 0 bridgehead atoms. The molecule has 1 amide bonds. The number of aromatic nitrogens is 3. The topological polar surface area (TPSA) is 46.3 Å². The fourth-order valence-electron chi connectivity index (χ4n) is 5.62. The third-order valence-electron chi connectivity index (χ3n) is 8.01. The summed E-state index contributed by atoms with van der Waals surface area (Å²) in [5.74, 6) is 0.109. The summed E-state index contributed by atoms with van der Waals surface area (Å²) in [6.07, 6.45) is 8.99. The summed E-state index contributed by atoms with van der Waals surface area (Å²) in [6.45, 7) is 6.98. The maximum Gasteiger partial charge on any atom is 0.256 e. The summed E-state index contributed by atoms with van der Waals surface area (Å²) in [6, 6.07) is 23.3. The lowest BCUT2D eigenvalue weighted by Gasteiger charge is -2.32. The van der Waals surface area contributed by atoms with Crippen LogP contribution in [0, 0.1) is 6.92 Å². The van der Waals surface area contributed by atoms with Gasteiger partial charge in [-0.25, -0.2) is 4.98 Å². The molecule has 0 saturated carbocycles. The molecule has 0 spiro atoms. The van der Waals surface area contributed by atoms with Gasteiger partial charge in [-0.1, -0.05) is 66.7 Å². The van der Waals surface area contributed by atoms with Crippen LogP contribution >= 0.6 is 0 Å². The fraction of sp³-hybridized carbons (Fsp3) is 0.273. The first-order chi connectivity index (χ1) is 19.1. The van der Waals surface area contributed by atoms with Crippen LogP contribution in [0.1, 0.15) is 27.2 Å². The van der Waals surface area contributed by atoms with E-state index in [0.717, 1.165) is 66.9 Å². The summed E-state index contributed by atoms with van der Waals surface area (Å²) >= 11 is 0. The van der Waals surface area contributed by atoms with Crippen molar-refractivity contribution in [3.8, 4) is 11.1 Å². The second-order valence-electron chi connectivity index (χ2n) is 10.6. The van der Waals surface area contributed by atoms with Gasteiger partial charge >= 0.3 is 0 Å². The number of likely N-dealkylation sites (N-methyl/N-ethyl adjacent to an activating group) is 1. The molecular formula is C33H35N5O. The highest BCUT2D eigenvalue weighted by molar-refractivity contribution is 6.06. The van der Waals surface area contributed by atoms with Gasteiger partial charge in [-0.3, -0.25) is 4.79 Å². The van der Waals surface area contributed by atoms with Gasteiger partial charge in [0.25, 0.3) is 5.91 Å². The third-order valence-corrected chi connectivity index (χ3v) is 8.01. The number of hydrogen-bond acceptors (Lipinski definition) is 3. The smallest absolute Gasteiger partial charge is 0.256 e. The third kappa shape index (κ3) is 5.25. The van der Waals surface area contributed by atoms with Crippen LogP contribution in [0.4, 0.5) is 0 Å². The van der Waals surface area contributed by atoms with E-state index in [1.54, 1.807) is 0 Å². The molecule has 3 aromatic carbocycles. The lowest BCUT2D eigenvalue weighted by molar-refractivity contribution is 0.0665. The van der Waals surface area contributed by atoms with Crippen LogP contribution < -0.4 is 0 Å². The van der Waals surface area contributed by atoms with Crippen molar-refractivity contribution in [2.24, 2.45) is 0 Å². The number of imidazole rings is 1. The lowest BCUT2D eigenvalue weighted by atomic mass is 9.97. The van der Waals surface area contributed by atoms with Gasteiger partial charge in [0.05, 0.1) is 24.1 Å². The van der Waals surface area contributed by atoms with Gasteiger partial charge in [0.2, 0.25) is 0 Å². The van der Waals surface area contributed by atoms with Crippen molar-refractivity contribution < 1.29 is 4.79 Å². The minimum absolute atomic E-state index is 0.109. The monoisotopic (exact) mass is 517 g/mol. The van der Waals surface area contributed by atoms with E-state index in [2.05, 4.69) is 106 Å². The number of amides is 1. The molecule has 198 valence electrons. The Bertz CT molecular complexity index is 1600. The Hall–Kier alpha value is -4.16. The van der Waals surface area contributed by atoms with Gasteiger partial charge in [-0.15, -0.1) is 0 Å². The molecule has 0 atom stereocenters. The van der Waals surface area contributed by atoms with Gasteiger partial charge in [-0.2, -0.15) is 0 Å².